The topological polar surface area (TPSA) is 110 Å². The fraction of sp³-hybridized carbons (Fsp3) is 0.250. The Morgan fingerprint density at radius 3 is 2.55 bits per heavy atom. The van der Waals surface area contributed by atoms with Crippen LogP contribution in [0.4, 0.5) is 5.95 Å². The van der Waals surface area contributed by atoms with Crippen molar-refractivity contribution in [2.24, 2.45) is 0 Å². The molecule has 166 valence electrons. The second-order valence-corrected chi connectivity index (χ2v) is 8.04. The predicted octanol–water partition coefficient (Wildman–Crippen LogP) is 3.71. The molecule has 0 aliphatic carbocycles. The molecule has 5 rings (SSSR count). The quantitative estimate of drug-likeness (QED) is 0.482. The lowest BCUT2D eigenvalue weighted by Crippen LogP contribution is -2.21. The lowest BCUT2D eigenvalue weighted by Gasteiger charge is -2.14. The lowest BCUT2D eigenvalue weighted by atomic mass is 10.0. The first-order valence-corrected chi connectivity index (χ1v) is 10.8. The number of nitrogens with one attached hydrogen (secondary N) is 1. The first-order valence-electron chi connectivity index (χ1n) is 10.8. The number of amides is 1. The predicted molar refractivity (Wildman–Crippen MR) is 122 cm³/mol. The summed E-state index contributed by atoms with van der Waals surface area (Å²) in [5.74, 6) is 0.862. The van der Waals surface area contributed by atoms with Gasteiger partial charge >= 0.3 is 0 Å². The van der Waals surface area contributed by atoms with Gasteiger partial charge in [0.2, 0.25) is 11.9 Å². The van der Waals surface area contributed by atoms with Gasteiger partial charge in [-0.25, -0.2) is 15.0 Å². The normalized spacial score (nSPS) is 16.7. The molecule has 1 aliphatic heterocycles. The summed E-state index contributed by atoms with van der Waals surface area (Å²) in [5, 5.41) is 7.47. The van der Waals surface area contributed by atoms with Gasteiger partial charge < -0.3 is 14.7 Å². The summed E-state index contributed by atoms with van der Waals surface area (Å²) in [6, 6.07) is 13.2. The SMILES string of the molecule is C[C@@H](Nc1nccc(-c2cccc(-c3cc([C@@H]4CCN(C)C4=O)on3)n2)n1)c1ccncc1. The summed E-state index contributed by atoms with van der Waals surface area (Å²) in [5.41, 5.74) is 3.71. The first-order chi connectivity index (χ1) is 16.1. The van der Waals surface area contributed by atoms with Gasteiger partial charge in [0.05, 0.1) is 23.1 Å². The molecule has 0 unspecified atom stereocenters. The largest absolute Gasteiger partial charge is 0.360 e. The van der Waals surface area contributed by atoms with Crippen LogP contribution in [0.3, 0.4) is 0 Å². The van der Waals surface area contributed by atoms with Crippen LogP contribution >= 0.6 is 0 Å². The van der Waals surface area contributed by atoms with Crippen molar-refractivity contribution in [2.45, 2.75) is 25.3 Å². The molecule has 0 aromatic carbocycles. The highest BCUT2D eigenvalue weighted by Crippen LogP contribution is 2.31. The molecule has 1 saturated heterocycles. The van der Waals surface area contributed by atoms with Crippen LogP contribution in [0, 0.1) is 0 Å². The van der Waals surface area contributed by atoms with Crippen molar-refractivity contribution in [3.05, 3.63) is 72.4 Å². The van der Waals surface area contributed by atoms with E-state index in [9.17, 15) is 4.79 Å². The summed E-state index contributed by atoms with van der Waals surface area (Å²) in [4.78, 5) is 31.8. The summed E-state index contributed by atoms with van der Waals surface area (Å²) < 4.78 is 5.49. The maximum atomic E-state index is 12.3. The van der Waals surface area contributed by atoms with Gasteiger partial charge in [-0.3, -0.25) is 9.78 Å². The summed E-state index contributed by atoms with van der Waals surface area (Å²) >= 11 is 0. The zero-order chi connectivity index (χ0) is 22.8. The zero-order valence-corrected chi connectivity index (χ0v) is 18.3. The molecule has 0 spiro atoms. The fourth-order valence-corrected chi connectivity index (χ4v) is 3.88. The summed E-state index contributed by atoms with van der Waals surface area (Å²) in [6.07, 6.45) is 5.95. The maximum absolute atomic E-state index is 12.3. The van der Waals surface area contributed by atoms with Gasteiger partial charge in [0.1, 0.15) is 17.4 Å². The highest BCUT2D eigenvalue weighted by atomic mass is 16.5. The van der Waals surface area contributed by atoms with Gasteiger partial charge in [0.25, 0.3) is 0 Å². The van der Waals surface area contributed by atoms with Gasteiger partial charge in [-0.05, 0) is 49.2 Å². The summed E-state index contributed by atoms with van der Waals surface area (Å²) in [7, 11) is 1.80. The number of likely N-dealkylation sites (N-methyl/N-ethyl adjacent to an activating group) is 1. The van der Waals surface area contributed by atoms with Gasteiger partial charge in [-0.2, -0.15) is 0 Å². The molecular weight excluding hydrogens is 418 g/mol. The number of nitrogens with zero attached hydrogens (tertiary/aromatic N) is 6. The number of carbonyl (C=O) groups excluding carboxylic acids is 1. The summed E-state index contributed by atoms with van der Waals surface area (Å²) in [6.45, 7) is 2.76. The highest BCUT2D eigenvalue weighted by molar-refractivity contribution is 5.85. The Morgan fingerprint density at radius 1 is 1.03 bits per heavy atom. The van der Waals surface area contributed by atoms with Crippen LogP contribution < -0.4 is 5.32 Å². The molecule has 4 aromatic heterocycles. The van der Waals surface area contributed by atoms with Gasteiger partial charge in [-0.1, -0.05) is 11.2 Å². The molecule has 9 nitrogen and oxygen atoms in total. The number of carbonyl (C=O) groups is 1. The third-order valence-electron chi connectivity index (χ3n) is 5.78. The second-order valence-electron chi connectivity index (χ2n) is 8.04. The average Bonchev–Trinajstić information content (AvgIpc) is 3.47. The molecule has 4 aromatic rings. The first kappa shape index (κ1) is 20.7. The number of hydrogen-bond acceptors (Lipinski definition) is 8. The van der Waals surface area contributed by atoms with Crippen molar-refractivity contribution >= 4 is 11.9 Å². The van der Waals surface area contributed by atoms with E-state index in [2.05, 4.69) is 25.4 Å². The highest BCUT2D eigenvalue weighted by Gasteiger charge is 2.33. The number of rotatable bonds is 6. The Kier molecular flexibility index (Phi) is 5.52. The van der Waals surface area contributed by atoms with Crippen molar-refractivity contribution in [3.63, 3.8) is 0 Å². The molecule has 1 aliphatic rings. The number of hydrogen-bond donors (Lipinski definition) is 1. The molecule has 33 heavy (non-hydrogen) atoms. The molecule has 1 N–H and O–H groups in total. The van der Waals surface area contributed by atoms with Gasteiger partial charge in [0.15, 0.2) is 0 Å². The van der Waals surface area contributed by atoms with E-state index in [1.807, 2.05) is 43.3 Å². The molecule has 9 heteroatoms. The standard InChI is InChI=1S/C24H23N7O2/c1-15(16-6-10-25-11-7-16)27-24-26-12-8-20(29-24)18-4-3-5-19(28-18)21-14-22(33-30-21)17-9-13-31(2)23(17)32/h3-8,10-12,14-15,17H,9,13H2,1-2H3,(H,26,27,29)/t15-,17+/m1/s1. The van der Waals surface area contributed by atoms with E-state index >= 15 is 0 Å². The lowest BCUT2D eigenvalue weighted by molar-refractivity contribution is -0.128. The molecular formula is C24H23N7O2. The third kappa shape index (κ3) is 4.30. The monoisotopic (exact) mass is 441 g/mol. The smallest absolute Gasteiger partial charge is 0.233 e. The molecule has 1 fully saturated rings. The Labute approximate surface area is 190 Å². The minimum absolute atomic E-state index is 0.0217. The molecule has 1 amide bonds. The Bertz CT molecular complexity index is 1270. The van der Waals surface area contributed by atoms with Crippen LogP contribution in [0.5, 0.6) is 0 Å². The van der Waals surface area contributed by atoms with E-state index in [1.165, 1.54) is 0 Å². The van der Waals surface area contributed by atoms with E-state index in [1.54, 1.807) is 36.6 Å². The molecule has 0 saturated carbocycles. The minimum atomic E-state index is -0.280. The Morgan fingerprint density at radius 2 is 1.79 bits per heavy atom. The van der Waals surface area contributed by atoms with Crippen LogP contribution in [0.25, 0.3) is 22.8 Å². The average molecular weight is 441 g/mol. The number of pyridine rings is 2. The maximum Gasteiger partial charge on any atom is 0.233 e. The fourth-order valence-electron chi connectivity index (χ4n) is 3.88. The Balaban J connectivity index is 1.37. The number of anilines is 1. The Hall–Kier alpha value is -4.14. The van der Waals surface area contributed by atoms with Crippen molar-refractivity contribution in [1.82, 2.24) is 30.0 Å². The van der Waals surface area contributed by atoms with Crippen LogP contribution in [-0.4, -0.2) is 49.5 Å². The van der Waals surface area contributed by atoms with Crippen molar-refractivity contribution in [2.75, 3.05) is 18.9 Å². The number of likely N-dealkylation sites (tertiary alicyclic amines) is 1. The van der Waals surface area contributed by atoms with E-state index in [0.717, 1.165) is 18.5 Å². The van der Waals surface area contributed by atoms with Crippen LogP contribution in [0.1, 0.15) is 36.6 Å². The molecule has 0 bridgehead atoms. The molecule has 5 heterocycles. The van der Waals surface area contributed by atoms with Crippen molar-refractivity contribution in [3.8, 4) is 22.8 Å². The van der Waals surface area contributed by atoms with E-state index in [0.29, 0.717) is 34.5 Å². The van der Waals surface area contributed by atoms with E-state index < -0.39 is 0 Å². The third-order valence-corrected chi connectivity index (χ3v) is 5.78. The second kappa shape index (κ2) is 8.78. The zero-order valence-electron chi connectivity index (χ0n) is 18.3. The van der Waals surface area contributed by atoms with Crippen molar-refractivity contribution < 1.29 is 9.32 Å². The van der Waals surface area contributed by atoms with Crippen LogP contribution in [0.15, 0.2) is 65.6 Å². The number of aromatic nitrogens is 5. The molecule has 2 atom stereocenters. The van der Waals surface area contributed by atoms with Gasteiger partial charge in [0, 0.05) is 38.2 Å². The minimum Gasteiger partial charge on any atom is -0.360 e. The van der Waals surface area contributed by atoms with E-state index in [4.69, 9.17) is 9.51 Å². The molecule has 0 radical (unpaired) electrons. The van der Waals surface area contributed by atoms with Crippen LogP contribution in [-0.2, 0) is 4.79 Å². The van der Waals surface area contributed by atoms with Gasteiger partial charge in [-0.15, -0.1) is 0 Å². The van der Waals surface area contributed by atoms with E-state index in [-0.39, 0.29) is 17.9 Å². The van der Waals surface area contributed by atoms with Crippen LogP contribution in [0.2, 0.25) is 0 Å². The van der Waals surface area contributed by atoms with Crippen molar-refractivity contribution in [1.29, 1.82) is 0 Å².